The van der Waals surface area contributed by atoms with E-state index in [0.29, 0.717) is 6.61 Å². The number of aliphatic hydroxyl groups excluding tert-OH is 1. The van der Waals surface area contributed by atoms with Gasteiger partial charge in [0.2, 0.25) is 0 Å². The zero-order chi connectivity index (χ0) is 12.0. The maximum Gasteiger partial charge on any atom is 0.0613 e. The number of aliphatic hydroxyl groups is 1. The van der Waals surface area contributed by atoms with Crippen molar-refractivity contribution in [1.29, 1.82) is 0 Å². The first-order chi connectivity index (χ1) is 7.62. The molecule has 16 heavy (non-hydrogen) atoms. The van der Waals surface area contributed by atoms with Crippen LogP contribution in [0.15, 0.2) is 0 Å². The van der Waals surface area contributed by atoms with E-state index >= 15 is 0 Å². The molecule has 1 aliphatic carbocycles. The molecule has 0 saturated heterocycles. The van der Waals surface area contributed by atoms with Crippen molar-refractivity contribution in [2.75, 3.05) is 13.2 Å². The summed E-state index contributed by atoms with van der Waals surface area (Å²) in [6.07, 6.45) is 7.34. The van der Waals surface area contributed by atoms with Crippen molar-refractivity contribution in [3.05, 3.63) is 0 Å². The Morgan fingerprint density at radius 1 is 1.38 bits per heavy atom. The molecule has 1 atom stereocenters. The number of rotatable bonds is 6. The Balaban J connectivity index is 2.36. The van der Waals surface area contributed by atoms with E-state index in [1.807, 2.05) is 0 Å². The van der Waals surface area contributed by atoms with Crippen LogP contribution in [0.4, 0.5) is 0 Å². The summed E-state index contributed by atoms with van der Waals surface area (Å²) in [5.41, 5.74) is 0.0362. The first-order valence-electron chi connectivity index (χ1n) is 6.98. The maximum absolute atomic E-state index is 9.61. The lowest BCUT2D eigenvalue weighted by atomic mass is 9.77. The molecule has 1 fully saturated rings. The van der Waals surface area contributed by atoms with Crippen molar-refractivity contribution in [2.24, 2.45) is 11.8 Å². The average molecular weight is 227 g/mol. The van der Waals surface area contributed by atoms with E-state index in [4.69, 9.17) is 0 Å². The van der Waals surface area contributed by atoms with E-state index in [-0.39, 0.29) is 5.54 Å². The minimum atomic E-state index is 0.0362. The molecule has 0 aromatic rings. The van der Waals surface area contributed by atoms with Gasteiger partial charge in [-0.3, -0.25) is 0 Å². The van der Waals surface area contributed by atoms with Gasteiger partial charge in [-0.25, -0.2) is 0 Å². The van der Waals surface area contributed by atoms with E-state index in [9.17, 15) is 5.11 Å². The molecule has 0 radical (unpaired) electrons. The molecule has 0 aromatic heterocycles. The van der Waals surface area contributed by atoms with Crippen LogP contribution < -0.4 is 5.32 Å². The van der Waals surface area contributed by atoms with Crippen molar-refractivity contribution in [3.63, 3.8) is 0 Å². The Morgan fingerprint density at radius 3 is 2.50 bits per heavy atom. The van der Waals surface area contributed by atoms with E-state index in [0.717, 1.165) is 31.2 Å². The first kappa shape index (κ1) is 14.0. The van der Waals surface area contributed by atoms with Crippen molar-refractivity contribution in [3.8, 4) is 0 Å². The highest BCUT2D eigenvalue weighted by Gasteiger charge is 2.33. The molecule has 0 bridgehead atoms. The van der Waals surface area contributed by atoms with Gasteiger partial charge in [0.25, 0.3) is 0 Å². The smallest absolute Gasteiger partial charge is 0.0613 e. The Labute approximate surface area is 101 Å². The molecular weight excluding hydrogens is 198 g/mol. The highest BCUT2D eigenvalue weighted by atomic mass is 16.3. The Kier molecular flexibility index (Phi) is 5.77. The molecule has 2 nitrogen and oxygen atoms in total. The second-order valence-corrected chi connectivity index (χ2v) is 5.90. The molecule has 1 aliphatic rings. The van der Waals surface area contributed by atoms with Crippen LogP contribution in [0.25, 0.3) is 0 Å². The van der Waals surface area contributed by atoms with Crippen molar-refractivity contribution >= 4 is 0 Å². The second-order valence-electron chi connectivity index (χ2n) is 5.90. The van der Waals surface area contributed by atoms with Crippen LogP contribution in [0.3, 0.4) is 0 Å². The second kappa shape index (κ2) is 6.61. The monoisotopic (exact) mass is 227 g/mol. The predicted octanol–water partition coefficient (Wildman–Crippen LogP) is 2.95. The van der Waals surface area contributed by atoms with Gasteiger partial charge >= 0.3 is 0 Å². The van der Waals surface area contributed by atoms with Gasteiger partial charge in [0.05, 0.1) is 6.61 Å². The lowest BCUT2D eigenvalue weighted by molar-refractivity contribution is 0.102. The van der Waals surface area contributed by atoms with Gasteiger partial charge in [-0.1, -0.05) is 27.2 Å². The Hall–Kier alpha value is -0.0800. The van der Waals surface area contributed by atoms with Crippen LogP contribution >= 0.6 is 0 Å². The third kappa shape index (κ3) is 4.06. The van der Waals surface area contributed by atoms with Crippen LogP contribution in [0.5, 0.6) is 0 Å². The molecule has 1 rings (SSSR count). The molecule has 2 heteroatoms. The standard InChI is InChI=1S/C14H29NO/c1-4-5-13(3)10-15-14(11-16)8-6-12(2)7-9-14/h12-13,15-16H,4-11H2,1-3H3. The summed E-state index contributed by atoms with van der Waals surface area (Å²) in [6, 6.07) is 0. The zero-order valence-corrected chi connectivity index (χ0v) is 11.3. The summed E-state index contributed by atoms with van der Waals surface area (Å²) < 4.78 is 0. The molecule has 0 amide bonds. The Morgan fingerprint density at radius 2 is 2.00 bits per heavy atom. The third-order valence-corrected chi connectivity index (χ3v) is 4.14. The highest BCUT2D eigenvalue weighted by Crippen LogP contribution is 2.31. The van der Waals surface area contributed by atoms with Gasteiger partial charge in [0, 0.05) is 5.54 Å². The molecule has 0 spiro atoms. The molecule has 1 unspecified atom stereocenters. The van der Waals surface area contributed by atoms with Crippen LogP contribution in [0, 0.1) is 11.8 Å². The molecule has 0 aromatic carbocycles. The molecule has 0 aliphatic heterocycles. The van der Waals surface area contributed by atoms with Crippen LogP contribution in [-0.4, -0.2) is 23.8 Å². The number of hydrogen-bond donors (Lipinski definition) is 2. The highest BCUT2D eigenvalue weighted by molar-refractivity contribution is 4.92. The SMILES string of the molecule is CCCC(C)CNC1(CO)CCC(C)CC1. The summed E-state index contributed by atoms with van der Waals surface area (Å²) in [7, 11) is 0. The molecule has 0 heterocycles. The van der Waals surface area contributed by atoms with Gasteiger partial charge in [-0.05, 0) is 50.5 Å². The number of nitrogens with one attached hydrogen (secondary N) is 1. The largest absolute Gasteiger partial charge is 0.394 e. The van der Waals surface area contributed by atoms with Gasteiger partial charge < -0.3 is 10.4 Å². The molecule has 1 saturated carbocycles. The fourth-order valence-electron chi connectivity index (χ4n) is 2.69. The van der Waals surface area contributed by atoms with Crippen LogP contribution in [0.1, 0.15) is 59.3 Å². The van der Waals surface area contributed by atoms with Crippen molar-refractivity contribution < 1.29 is 5.11 Å². The lowest BCUT2D eigenvalue weighted by Crippen LogP contribution is -2.52. The summed E-state index contributed by atoms with van der Waals surface area (Å²) in [6.45, 7) is 8.22. The summed E-state index contributed by atoms with van der Waals surface area (Å²) in [4.78, 5) is 0. The maximum atomic E-state index is 9.61. The lowest BCUT2D eigenvalue weighted by Gasteiger charge is -2.39. The molecule has 2 N–H and O–H groups in total. The van der Waals surface area contributed by atoms with E-state index in [2.05, 4.69) is 26.1 Å². The topological polar surface area (TPSA) is 32.3 Å². The van der Waals surface area contributed by atoms with Gasteiger partial charge in [-0.2, -0.15) is 0 Å². The first-order valence-corrected chi connectivity index (χ1v) is 6.98. The van der Waals surface area contributed by atoms with E-state index in [1.165, 1.54) is 25.7 Å². The predicted molar refractivity (Wildman–Crippen MR) is 69.5 cm³/mol. The number of hydrogen-bond acceptors (Lipinski definition) is 2. The molecular formula is C14H29NO. The quantitative estimate of drug-likeness (QED) is 0.731. The third-order valence-electron chi connectivity index (χ3n) is 4.14. The normalized spacial score (nSPS) is 32.6. The Bertz CT molecular complexity index is 185. The van der Waals surface area contributed by atoms with E-state index < -0.39 is 0 Å². The summed E-state index contributed by atoms with van der Waals surface area (Å²) in [5, 5.41) is 13.2. The zero-order valence-electron chi connectivity index (χ0n) is 11.3. The molecule has 96 valence electrons. The fraction of sp³-hybridized carbons (Fsp3) is 1.00. The van der Waals surface area contributed by atoms with Crippen molar-refractivity contribution in [1.82, 2.24) is 5.32 Å². The van der Waals surface area contributed by atoms with Crippen molar-refractivity contribution in [2.45, 2.75) is 64.8 Å². The van der Waals surface area contributed by atoms with Crippen LogP contribution in [0.2, 0.25) is 0 Å². The fourth-order valence-corrected chi connectivity index (χ4v) is 2.69. The minimum absolute atomic E-state index is 0.0362. The van der Waals surface area contributed by atoms with E-state index in [1.54, 1.807) is 0 Å². The minimum Gasteiger partial charge on any atom is -0.394 e. The van der Waals surface area contributed by atoms with Crippen LogP contribution in [-0.2, 0) is 0 Å². The summed E-state index contributed by atoms with van der Waals surface area (Å²) in [5.74, 6) is 1.57. The summed E-state index contributed by atoms with van der Waals surface area (Å²) >= 11 is 0. The van der Waals surface area contributed by atoms with Gasteiger partial charge in [0.1, 0.15) is 0 Å². The van der Waals surface area contributed by atoms with Gasteiger partial charge in [-0.15, -0.1) is 0 Å². The van der Waals surface area contributed by atoms with Gasteiger partial charge in [0.15, 0.2) is 0 Å². The average Bonchev–Trinajstić information content (AvgIpc) is 2.30.